The highest BCUT2D eigenvalue weighted by molar-refractivity contribution is 7.15. The minimum Gasteiger partial charge on any atom is -0.469 e. The summed E-state index contributed by atoms with van der Waals surface area (Å²) < 4.78 is 4.54. The second-order valence-corrected chi connectivity index (χ2v) is 5.08. The van der Waals surface area contributed by atoms with Gasteiger partial charge in [-0.15, -0.1) is 10.2 Å². The lowest BCUT2D eigenvalue weighted by Crippen LogP contribution is -2.12. The van der Waals surface area contributed by atoms with Crippen LogP contribution in [0.15, 0.2) is 24.3 Å². The van der Waals surface area contributed by atoms with Crippen LogP contribution in [0.5, 0.6) is 0 Å². The number of esters is 1. The minimum atomic E-state index is -0.391. The number of aryl methyl sites for hydroxylation is 1. The molecule has 0 radical (unpaired) electrons. The van der Waals surface area contributed by atoms with Crippen LogP contribution in [-0.4, -0.2) is 29.2 Å². The molecule has 0 aliphatic heterocycles. The van der Waals surface area contributed by atoms with E-state index in [-0.39, 0.29) is 12.3 Å². The predicted octanol–water partition coefficient (Wildman–Crippen LogP) is 1.81. The number of aromatic nitrogens is 2. The third-order valence-corrected chi connectivity index (χ3v) is 3.44. The smallest absolute Gasteiger partial charge is 0.312 e. The van der Waals surface area contributed by atoms with Crippen LogP contribution in [-0.2, 0) is 16.0 Å². The zero-order valence-corrected chi connectivity index (χ0v) is 11.9. The minimum absolute atomic E-state index is 0.0500. The van der Waals surface area contributed by atoms with Crippen LogP contribution in [0.1, 0.15) is 20.9 Å². The SMILES string of the molecule is COC(=O)Cc1nnc(NC(=O)c2ccccc2C)s1. The number of hydrogen-bond acceptors (Lipinski definition) is 6. The summed E-state index contributed by atoms with van der Waals surface area (Å²) in [5.74, 6) is -0.637. The van der Waals surface area contributed by atoms with E-state index in [0.29, 0.717) is 15.7 Å². The number of carbonyl (C=O) groups is 2. The van der Waals surface area contributed by atoms with E-state index in [1.165, 1.54) is 7.11 Å². The third-order valence-electron chi connectivity index (χ3n) is 2.60. The van der Waals surface area contributed by atoms with Crippen LogP contribution < -0.4 is 5.32 Å². The van der Waals surface area contributed by atoms with Gasteiger partial charge < -0.3 is 4.74 Å². The summed E-state index contributed by atoms with van der Waals surface area (Å²) in [6, 6.07) is 7.26. The van der Waals surface area contributed by atoms with Gasteiger partial charge in [-0.3, -0.25) is 14.9 Å². The number of methoxy groups -OCH3 is 1. The molecule has 20 heavy (non-hydrogen) atoms. The van der Waals surface area contributed by atoms with Gasteiger partial charge in [0.15, 0.2) is 0 Å². The molecule has 0 unspecified atom stereocenters. The maximum atomic E-state index is 12.1. The number of carbonyl (C=O) groups excluding carboxylic acids is 2. The number of rotatable bonds is 4. The first-order valence-electron chi connectivity index (χ1n) is 5.86. The van der Waals surface area contributed by atoms with E-state index in [4.69, 9.17) is 0 Å². The summed E-state index contributed by atoms with van der Waals surface area (Å²) >= 11 is 1.15. The summed E-state index contributed by atoms with van der Waals surface area (Å²) in [7, 11) is 1.31. The number of benzene rings is 1. The van der Waals surface area contributed by atoms with Crippen LogP contribution >= 0.6 is 11.3 Å². The molecule has 0 saturated carbocycles. The molecule has 1 heterocycles. The van der Waals surface area contributed by atoms with E-state index in [9.17, 15) is 9.59 Å². The zero-order valence-electron chi connectivity index (χ0n) is 11.0. The first-order valence-corrected chi connectivity index (χ1v) is 6.68. The monoisotopic (exact) mass is 291 g/mol. The number of anilines is 1. The fraction of sp³-hybridized carbons (Fsp3) is 0.231. The number of nitrogens with zero attached hydrogens (tertiary/aromatic N) is 2. The van der Waals surface area contributed by atoms with Gasteiger partial charge in [0, 0.05) is 5.56 Å². The average Bonchev–Trinajstić information content (AvgIpc) is 2.86. The Labute approximate surface area is 119 Å². The van der Waals surface area contributed by atoms with Crippen LogP contribution in [0.2, 0.25) is 0 Å². The van der Waals surface area contributed by atoms with Crippen molar-refractivity contribution >= 4 is 28.3 Å². The van der Waals surface area contributed by atoms with E-state index in [1.54, 1.807) is 12.1 Å². The molecule has 1 aromatic carbocycles. The normalized spacial score (nSPS) is 10.1. The van der Waals surface area contributed by atoms with Crippen molar-refractivity contribution < 1.29 is 14.3 Å². The van der Waals surface area contributed by atoms with Gasteiger partial charge in [0.25, 0.3) is 5.91 Å². The van der Waals surface area contributed by atoms with Crippen LogP contribution in [0.4, 0.5) is 5.13 Å². The lowest BCUT2D eigenvalue weighted by atomic mass is 10.1. The molecule has 0 atom stereocenters. The maximum absolute atomic E-state index is 12.1. The van der Waals surface area contributed by atoms with Crippen molar-refractivity contribution in [3.05, 3.63) is 40.4 Å². The summed E-state index contributed by atoms with van der Waals surface area (Å²) in [4.78, 5) is 23.2. The largest absolute Gasteiger partial charge is 0.469 e. The van der Waals surface area contributed by atoms with Crippen molar-refractivity contribution in [3.8, 4) is 0 Å². The van der Waals surface area contributed by atoms with Gasteiger partial charge >= 0.3 is 5.97 Å². The highest BCUT2D eigenvalue weighted by atomic mass is 32.1. The average molecular weight is 291 g/mol. The molecule has 1 N–H and O–H groups in total. The number of hydrogen-bond donors (Lipinski definition) is 1. The quantitative estimate of drug-likeness (QED) is 0.869. The number of amides is 1. The lowest BCUT2D eigenvalue weighted by Gasteiger charge is -2.03. The molecule has 104 valence electrons. The van der Waals surface area contributed by atoms with E-state index < -0.39 is 5.97 Å². The molecule has 1 aromatic heterocycles. The first kappa shape index (κ1) is 14.1. The Balaban J connectivity index is 2.05. The Hall–Kier alpha value is -2.28. The Morgan fingerprint density at radius 2 is 2.05 bits per heavy atom. The lowest BCUT2D eigenvalue weighted by molar-refractivity contribution is -0.139. The number of ether oxygens (including phenoxy) is 1. The fourth-order valence-corrected chi connectivity index (χ4v) is 2.28. The van der Waals surface area contributed by atoms with Crippen LogP contribution in [0.3, 0.4) is 0 Å². The van der Waals surface area contributed by atoms with E-state index in [2.05, 4.69) is 20.3 Å². The molecule has 2 rings (SSSR count). The van der Waals surface area contributed by atoms with Gasteiger partial charge in [0.1, 0.15) is 5.01 Å². The molecule has 7 heteroatoms. The summed E-state index contributed by atoms with van der Waals surface area (Å²) in [6.45, 7) is 1.86. The highest BCUT2D eigenvalue weighted by Gasteiger charge is 2.13. The molecule has 0 aliphatic carbocycles. The highest BCUT2D eigenvalue weighted by Crippen LogP contribution is 2.17. The van der Waals surface area contributed by atoms with Crippen molar-refractivity contribution in [3.63, 3.8) is 0 Å². The predicted molar refractivity (Wildman–Crippen MR) is 74.8 cm³/mol. The van der Waals surface area contributed by atoms with Crippen LogP contribution in [0.25, 0.3) is 0 Å². The molecule has 6 nitrogen and oxygen atoms in total. The second-order valence-electron chi connectivity index (χ2n) is 4.02. The Morgan fingerprint density at radius 3 is 2.75 bits per heavy atom. The van der Waals surface area contributed by atoms with Gasteiger partial charge in [-0.05, 0) is 18.6 Å². The van der Waals surface area contributed by atoms with Crippen molar-refractivity contribution in [2.24, 2.45) is 0 Å². The molecular formula is C13H13N3O3S. The molecule has 0 spiro atoms. The van der Waals surface area contributed by atoms with Crippen molar-refractivity contribution in [2.45, 2.75) is 13.3 Å². The topological polar surface area (TPSA) is 81.2 Å². The zero-order chi connectivity index (χ0) is 14.5. The van der Waals surface area contributed by atoms with Gasteiger partial charge in [0.05, 0.1) is 13.5 Å². The maximum Gasteiger partial charge on any atom is 0.312 e. The van der Waals surface area contributed by atoms with E-state index in [0.717, 1.165) is 16.9 Å². The summed E-state index contributed by atoms with van der Waals surface area (Å²) in [5.41, 5.74) is 1.46. The first-order chi connectivity index (χ1) is 9.60. The summed E-state index contributed by atoms with van der Waals surface area (Å²) in [5, 5.41) is 11.2. The third kappa shape index (κ3) is 3.39. The standard InChI is InChI=1S/C13H13N3O3S/c1-8-5-3-4-6-9(8)12(18)14-13-16-15-10(20-13)7-11(17)19-2/h3-6H,7H2,1-2H3,(H,14,16,18). The number of nitrogens with one attached hydrogen (secondary N) is 1. The molecule has 0 saturated heterocycles. The summed E-state index contributed by atoms with van der Waals surface area (Å²) in [6.07, 6.45) is 0.0500. The fourth-order valence-electron chi connectivity index (χ4n) is 1.56. The van der Waals surface area contributed by atoms with Gasteiger partial charge in [-0.25, -0.2) is 0 Å². The van der Waals surface area contributed by atoms with Crippen molar-refractivity contribution in [1.82, 2.24) is 10.2 Å². The van der Waals surface area contributed by atoms with E-state index >= 15 is 0 Å². The molecule has 0 fully saturated rings. The van der Waals surface area contributed by atoms with Gasteiger partial charge in [-0.1, -0.05) is 29.5 Å². The van der Waals surface area contributed by atoms with Gasteiger partial charge in [-0.2, -0.15) is 0 Å². The molecule has 0 aliphatic rings. The van der Waals surface area contributed by atoms with E-state index in [1.807, 2.05) is 19.1 Å². The Morgan fingerprint density at radius 1 is 1.30 bits per heavy atom. The van der Waals surface area contributed by atoms with Crippen molar-refractivity contribution in [2.75, 3.05) is 12.4 Å². The van der Waals surface area contributed by atoms with Crippen LogP contribution in [0, 0.1) is 6.92 Å². The second kappa shape index (κ2) is 6.25. The Kier molecular flexibility index (Phi) is 4.41. The molecule has 0 bridgehead atoms. The molecule has 2 aromatic rings. The van der Waals surface area contributed by atoms with Gasteiger partial charge in [0.2, 0.25) is 5.13 Å². The Bertz CT molecular complexity index is 639. The molecule has 1 amide bonds. The molecular weight excluding hydrogens is 278 g/mol. The van der Waals surface area contributed by atoms with Crippen molar-refractivity contribution in [1.29, 1.82) is 0 Å².